The molecule has 0 bridgehead atoms. The first-order valence-corrected chi connectivity index (χ1v) is 7.50. The van der Waals surface area contributed by atoms with E-state index in [1.807, 2.05) is 13.0 Å². The number of rotatable bonds is 3. The summed E-state index contributed by atoms with van der Waals surface area (Å²) in [7, 11) is 0. The molecule has 0 unspecified atom stereocenters. The van der Waals surface area contributed by atoms with Crippen LogP contribution in [0, 0.1) is 6.92 Å². The molecule has 2 N–H and O–H groups in total. The lowest BCUT2D eigenvalue weighted by molar-refractivity contribution is 0.102. The topological polar surface area (TPSA) is 87.7 Å². The van der Waals surface area contributed by atoms with Crippen molar-refractivity contribution in [3.8, 4) is 11.4 Å². The van der Waals surface area contributed by atoms with Crippen LogP contribution in [0.2, 0.25) is 5.02 Å². The molecule has 3 aromatic rings. The van der Waals surface area contributed by atoms with Crippen molar-refractivity contribution >= 4 is 23.3 Å². The molecule has 0 aliphatic heterocycles. The summed E-state index contributed by atoms with van der Waals surface area (Å²) >= 11 is 5.83. The average Bonchev–Trinajstić information content (AvgIpc) is 2.55. The third-order valence-electron chi connectivity index (χ3n) is 3.32. The van der Waals surface area contributed by atoms with Gasteiger partial charge in [0.25, 0.3) is 11.5 Å². The van der Waals surface area contributed by atoms with Crippen molar-refractivity contribution in [2.24, 2.45) is 0 Å². The first-order chi connectivity index (χ1) is 11.5. The maximum Gasteiger partial charge on any atom is 0.264 e. The zero-order chi connectivity index (χ0) is 17.1. The second-order valence-electron chi connectivity index (χ2n) is 5.15. The Balaban J connectivity index is 1.85. The molecule has 1 aromatic carbocycles. The summed E-state index contributed by atoms with van der Waals surface area (Å²) in [5, 5.41) is 3.16. The number of H-pyrrole nitrogens is 1. The Morgan fingerprint density at radius 2 is 1.92 bits per heavy atom. The third-order valence-corrected chi connectivity index (χ3v) is 3.57. The smallest absolute Gasteiger partial charge is 0.264 e. The molecule has 0 saturated carbocycles. The fourth-order valence-corrected chi connectivity index (χ4v) is 2.23. The van der Waals surface area contributed by atoms with Crippen molar-refractivity contribution in [1.82, 2.24) is 15.0 Å². The van der Waals surface area contributed by atoms with E-state index in [0.29, 0.717) is 22.2 Å². The van der Waals surface area contributed by atoms with Crippen LogP contribution < -0.4 is 10.9 Å². The first-order valence-electron chi connectivity index (χ1n) is 7.12. The predicted molar refractivity (Wildman–Crippen MR) is 92.2 cm³/mol. The third kappa shape index (κ3) is 3.49. The highest BCUT2D eigenvalue weighted by Crippen LogP contribution is 2.17. The SMILES string of the molecule is Cc1ccnc(NC(=O)c2cnc(-c3ccc(Cl)cc3)[nH]c2=O)c1. The quantitative estimate of drug-likeness (QED) is 0.767. The molecular formula is C17H13ClN4O2. The van der Waals surface area contributed by atoms with Crippen LogP contribution >= 0.6 is 11.6 Å². The molecule has 2 heterocycles. The Labute approximate surface area is 142 Å². The van der Waals surface area contributed by atoms with Gasteiger partial charge in [0.05, 0.1) is 0 Å². The number of anilines is 1. The highest BCUT2D eigenvalue weighted by atomic mass is 35.5. The number of amides is 1. The maximum absolute atomic E-state index is 12.2. The molecule has 0 radical (unpaired) electrons. The van der Waals surface area contributed by atoms with Gasteiger partial charge in [-0.25, -0.2) is 9.97 Å². The molecule has 7 heteroatoms. The van der Waals surface area contributed by atoms with Gasteiger partial charge in [-0.3, -0.25) is 9.59 Å². The van der Waals surface area contributed by atoms with Gasteiger partial charge < -0.3 is 10.3 Å². The van der Waals surface area contributed by atoms with E-state index >= 15 is 0 Å². The molecule has 120 valence electrons. The Kier molecular flexibility index (Phi) is 4.39. The van der Waals surface area contributed by atoms with E-state index in [0.717, 1.165) is 5.56 Å². The minimum atomic E-state index is -0.565. The Morgan fingerprint density at radius 3 is 2.58 bits per heavy atom. The summed E-state index contributed by atoms with van der Waals surface area (Å²) in [5.41, 5.74) is 1.03. The number of carbonyl (C=O) groups excluding carboxylic acids is 1. The number of carbonyl (C=O) groups is 1. The number of halogens is 1. The summed E-state index contributed by atoms with van der Waals surface area (Å²) in [5.74, 6) is 0.174. The highest BCUT2D eigenvalue weighted by Gasteiger charge is 2.13. The van der Waals surface area contributed by atoms with Gasteiger partial charge in [-0.15, -0.1) is 0 Å². The number of hydrogen-bond donors (Lipinski definition) is 2. The first kappa shape index (κ1) is 15.9. The standard InChI is InChI=1S/C17H13ClN4O2/c1-10-6-7-19-14(8-10)21-16(23)13-9-20-15(22-17(13)24)11-2-4-12(18)5-3-11/h2-9H,1H3,(H,19,21,23)(H,20,22,24). The minimum Gasteiger partial charge on any atom is -0.306 e. The number of aryl methyl sites for hydroxylation is 1. The number of pyridine rings is 1. The Morgan fingerprint density at radius 1 is 1.17 bits per heavy atom. The normalized spacial score (nSPS) is 10.4. The van der Waals surface area contributed by atoms with E-state index in [-0.39, 0.29) is 5.56 Å². The van der Waals surface area contributed by atoms with Crippen molar-refractivity contribution in [1.29, 1.82) is 0 Å². The maximum atomic E-state index is 12.2. The summed E-state index contributed by atoms with van der Waals surface area (Å²) in [6, 6.07) is 10.4. The number of aromatic amines is 1. The fourth-order valence-electron chi connectivity index (χ4n) is 2.10. The van der Waals surface area contributed by atoms with E-state index < -0.39 is 11.5 Å². The van der Waals surface area contributed by atoms with E-state index in [4.69, 9.17) is 11.6 Å². The van der Waals surface area contributed by atoms with Crippen LogP contribution in [0.4, 0.5) is 5.82 Å². The molecule has 1 amide bonds. The lowest BCUT2D eigenvalue weighted by Gasteiger charge is -2.05. The molecule has 0 saturated heterocycles. The Bertz CT molecular complexity index is 951. The fraction of sp³-hybridized carbons (Fsp3) is 0.0588. The van der Waals surface area contributed by atoms with Crippen LogP contribution in [-0.4, -0.2) is 20.9 Å². The van der Waals surface area contributed by atoms with Crippen LogP contribution in [0.5, 0.6) is 0 Å². The zero-order valence-corrected chi connectivity index (χ0v) is 13.5. The molecule has 0 aliphatic carbocycles. The molecule has 6 nitrogen and oxygen atoms in total. The largest absolute Gasteiger partial charge is 0.306 e. The molecular weight excluding hydrogens is 328 g/mol. The van der Waals surface area contributed by atoms with Gasteiger partial charge in [0, 0.05) is 23.0 Å². The van der Waals surface area contributed by atoms with Crippen molar-refractivity contribution in [3.05, 3.63) is 75.3 Å². The number of hydrogen-bond acceptors (Lipinski definition) is 4. The summed E-state index contributed by atoms with van der Waals surface area (Å²) in [4.78, 5) is 35.2. The minimum absolute atomic E-state index is 0.0870. The predicted octanol–water partition coefficient (Wildman–Crippen LogP) is 3.05. The second kappa shape index (κ2) is 6.64. The van der Waals surface area contributed by atoms with Crippen LogP contribution in [0.3, 0.4) is 0 Å². The molecule has 24 heavy (non-hydrogen) atoms. The molecule has 0 fully saturated rings. The molecule has 2 aromatic heterocycles. The monoisotopic (exact) mass is 340 g/mol. The van der Waals surface area contributed by atoms with Crippen molar-refractivity contribution in [3.63, 3.8) is 0 Å². The lowest BCUT2D eigenvalue weighted by Crippen LogP contribution is -2.24. The zero-order valence-electron chi connectivity index (χ0n) is 12.7. The van der Waals surface area contributed by atoms with E-state index in [1.54, 1.807) is 36.5 Å². The molecule has 0 aliphatic rings. The van der Waals surface area contributed by atoms with Crippen molar-refractivity contribution in [2.45, 2.75) is 6.92 Å². The van der Waals surface area contributed by atoms with Gasteiger partial charge in [-0.05, 0) is 48.9 Å². The van der Waals surface area contributed by atoms with Gasteiger partial charge in [-0.2, -0.15) is 0 Å². The van der Waals surface area contributed by atoms with Gasteiger partial charge in [0.15, 0.2) is 0 Å². The number of nitrogens with zero attached hydrogens (tertiary/aromatic N) is 2. The van der Waals surface area contributed by atoms with Crippen LogP contribution in [-0.2, 0) is 0 Å². The highest BCUT2D eigenvalue weighted by molar-refractivity contribution is 6.30. The van der Waals surface area contributed by atoms with Gasteiger partial charge in [0.1, 0.15) is 17.2 Å². The van der Waals surface area contributed by atoms with Gasteiger partial charge >= 0.3 is 0 Å². The van der Waals surface area contributed by atoms with Crippen LogP contribution in [0.15, 0.2) is 53.6 Å². The Hall–Kier alpha value is -2.99. The summed E-state index contributed by atoms with van der Waals surface area (Å²) < 4.78 is 0. The van der Waals surface area contributed by atoms with Crippen LogP contribution in [0.25, 0.3) is 11.4 Å². The number of nitrogens with one attached hydrogen (secondary N) is 2. The lowest BCUT2D eigenvalue weighted by atomic mass is 10.2. The van der Waals surface area contributed by atoms with Gasteiger partial charge in [-0.1, -0.05) is 11.6 Å². The van der Waals surface area contributed by atoms with Crippen LogP contribution in [0.1, 0.15) is 15.9 Å². The number of benzene rings is 1. The molecule has 0 spiro atoms. The number of aromatic nitrogens is 3. The molecule has 3 rings (SSSR count). The van der Waals surface area contributed by atoms with E-state index in [9.17, 15) is 9.59 Å². The second-order valence-corrected chi connectivity index (χ2v) is 5.59. The van der Waals surface area contributed by atoms with E-state index in [1.165, 1.54) is 6.20 Å². The molecule has 0 atom stereocenters. The summed E-state index contributed by atoms with van der Waals surface area (Å²) in [6.45, 7) is 1.88. The van der Waals surface area contributed by atoms with Crippen molar-refractivity contribution in [2.75, 3.05) is 5.32 Å². The summed E-state index contributed by atoms with van der Waals surface area (Å²) in [6.07, 6.45) is 2.82. The average molecular weight is 341 g/mol. The van der Waals surface area contributed by atoms with Crippen molar-refractivity contribution < 1.29 is 4.79 Å². The van der Waals surface area contributed by atoms with Gasteiger partial charge in [0.2, 0.25) is 0 Å². The van der Waals surface area contributed by atoms with E-state index in [2.05, 4.69) is 20.3 Å².